The van der Waals surface area contributed by atoms with Crippen LogP contribution in [0.25, 0.3) is 0 Å². The van der Waals surface area contributed by atoms with Crippen molar-refractivity contribution in [1.29, 1.82) is 0 Å². The highest BCUT2D eigenvalue weighted by atomic mass is 16.4. The number of carbonyl (C=O) groups is 2. The van der Waals surface area contributed by atoms with Crippen molar-refractivity contribution in [3.63, 3.8) is 0 Å². The lowest BCUT2D eigenvalue weighted by Gasteiger charge is -2.59. The fraction of sp³-hybridized carbons (Fsp3) is 0.700. The molecule has 4 aliphatic carbocycles. The first-order valence-electron chi connectivity index (χ1n) is 8.94. The van der Waals surface area contributed by atoms with Crippen LogP contribution in [-0.2, 0) is 9.59 Å². The second-order valence-electron chi connectivity index (χ2n) is 8.78. The Kier molecular flexibility index (Phi) is 2.88. The zero-order valence-corrected chi connectivity index (χ0v) is 14.2. The minimum Gasteiger partial charge on any atom is -0.481 e. The van der Waals surface area contributed by atoms with Gasteiger partial charge in [-0.05, 0) is 68.3 Å². The summed E-state index contributed by atoms with van der Waals surface area (Å²) in [5.41, 5.74) is 0.936. The van der Waals surface area contributed by atoms with Crippen LogP contribution in [0.3, 0.4) is 0 Å². The molecule has 0 unspecified atom stereocenters. The van der Waals surface area contributed by atoms with Crippen molar-refractivity contribution in [2.75, 3.05) is 0 Å². The molecule has 0 aromatic carbocycles. The summed E-state index contributed by atoms with van der Waals surface area (Å²) < 4.78 is 0. The van der Waals surface area contributed by atoms with Crippen LogP contribution in [0.2, 0.25) is 0 Å². The number of hydrogen-bond donors (Lipinski definition) is 1. The molecule has 23 heavy (non-hydrogen) atoms. The topological polar surface area (TPSA) is 54.4 Å². The Morgan fingerprint density at radius 1 is 1.30 bits per heavy atom. The van der Waals surface area contributed by atoms with Crippen LogP contribution in [0, 0.1) is 28.1 Å². The van der Waals surface area contributed by atoms with E-state index in [0.29, 0.717) is 5.92 Å². The Morgan fingerprint density at radius 3 is 2.74 bits per heavy atom. The quantitative estimate of drug-likeness (QED) is 0.584. The molecule has 124 valence electrons. The maximum absolute atomic E-state index is 13.0. The van der Waals surface area contributed by atoms with Gasteiger partial charge in [0.05, 0.1) is 10.8 Å². The van der Waals surface area contributed by atoms with Crippen LogP contribution < -0.4 is 0 Å². The van der Waals surface area contributed by atoms with Crippen molar-refractivity contribution >= 4 is 11.8 Å². The molecular formula is C20H26O3. The van der Waals surface area contributed by atoms with Crippen molar-refractivity contribution in [3.05, 3.63) is 23.8 Å². The Labute approximate surface area is 137 Å². The van der Waals surface area contributed by atoms with Crippen LogP contribution in [-0.4, -0.2) is 16.9 Å². The predicted octanol–water partition coefficient (Wildman–Crippen LogP) is 4.14. The third-order valence-electron chi connectivity index (χ3n) is 7.83. The van der Waals surface area contributed by atoms with Crippen molar-refractivity contribution in [2.45, 2.75) is 58.8 Å². The van der Waals surface area contributed by atoms with Gasteiger partial charge in [-0.3, -0.25) is 9.59 Å². The minimum atomic E-state index is -0.666. The molecule has 3 saturated carbocycles. The summed E-state index contributed by atoms with van der Waals surface area (Å²) in [4.78, 5) is 25.0. The van der Waals surface area contributed by atoms with E-state index in [1.54, 1.807) is 0 Å². The normalized spacial score (nSPS) is 48.5. The van der Waals surface area contributed by atoms with E-state index in [9.17, 15) is 14.7 Å². The van der Waals surface area contributed by atoms with Gasteiger partial charge in [-0.1, -0.05) is 31.6 Å². The Hall–Kier alpha value is -1.38. The van der Waals surface area contributed by atoms with E-state index in [2.05, 4.69) is 19.6 Å². The fourth-order valence-corrected chi connectivity index (χ4v) is 6.65. The zero-order valence-electron chi connectivity index (χ0n) is 14.2. The summed E-state index contributed by atoms with van der Waals surface area (Å²) in [6, 6.07) is 0. The van der Waals surface area contributed by atoms with Gasteiger partial charge in [0.2, 0.25) is 0 Å². The Bertz CT molecular complexity index is 660. The van der Waals surface area contributed by atoms with Gasteiger partial charge >= 0.3 is 5.97 Å². The summed E-state index contributed by atoms with van der Waals surface area (Å²) in [5.74, 6) is 0.0477. The van der Waals surface area contributed by atoms with Crippen molar-refractivity contribution in [1.82, 2.24) is 0 Å². The highest BCUT2D eigenvalue weighted by molar-refractivity contribution is 6.05. The first-order valence-corrected chi connectivity index (χ1v) is 8.94. The van der Waals surface area contributed by atoms with E-state index < -0.39 is 11.4 Å². The second-order valence-corrected chi connectivity index (χ2v) is 8.78. The fourth-order valence-electron chi connectivity index (χ4n) is 6.65. The lowest BCUT2D eigenvalue weighted by molar-refractivity contribution is -0.161. The molecule has 0 saturated heterocycles. The van der Waals surface area contributed by atoms with Gasteiger partial charge < -0.3 is 5.11 Å². The molecule has 1 N–H and O–H groups in total. The maximum Gasteiger partial charge on any atom is 0.309 e. The number of fused-ring (bicyclic) bond motifs is 3. The number of aliphatic carboxylic acids is 1. The monoisotopic (exact) mass is 314 g/mol. The second kappa shape index (κ2) is 4.37. The Balaban J connectivity index is 1.84. The first-order chi connectivity index (χ1) is 10.8. The first kappa shape index (κ1) is 15.2. The molecule has 0 aromatic rings. The number of carbonyl (C=O) groups excluding carboxylic acids is 1. The average Bonchev–Trinajstić information content (AvgIpc) is 2.68. The van der Waals surface area contributed by atoms with E-state index in [-0.39, 0.29) is 22.5 Å². The molecule has 4 rings (SSSR count). The van der Waals surface area contributed by atoms with Gasteiger partial charge in [-0.25, -0.2) is 0 Å². The van der Waals surface area contributed by atoms with E-state index in [1.165, 1.54) is 5.57 Å². The van der Waals surface area contributed by atoms with Crippen LogP contribution >= 0.6 is 0 Å². The molecular weight excluding hydrogens is 288 g/mol. The number of allylic oxidation sites excluding steroid dienone is 3. The summed E-state index contributed by atoms with van der Waals surface area (Å²) in [5, 5.41) is 9.87. The van der Waals surface area contributed by atoms with E-state index in [0.717, 1.165) is 50.5 Å². The predicted molar refractivity (Wildman–Crippen MR) is 87.8 cm³/mol. The van der Waals surface area contributed by atoms with Gasteiger partial charge in [0, 0.05) is 0 Å². The molecule has 0 aromatic heterocycles. The molecule has 0 heterocycles. The molecule has 4 aliphatic rings. The zero-order chi connectivity index (χ0) is 16.6. The number of carboxylic acid groups (broad SMARTS) is 1. The molecule has 2 bridgehead atoms. The van der Waals surface area contributed by atoms with Crippen molar-refractivity contribution in [2.24, 2.45) is 28.1 Å². The summed E-state index contributed by atoms with van der Waals surface area (Å²) in [7, 11) is 0. The van der Waals surface area contributed by atoms with Gasteiger partial charge in [-0.15, -0.1) is 0 Å². The molecule has 0 radical (unpaired) electrons. The van der Waals surface area contributed by atoms with E-state index in [1.807, 2.05) is 6.92 Å². The standard InChI is InChI=1S/C20H26O3/c1-12-13-5-6-15-18(2)8-4-9-19(3,17(22)23)14(18)7-10-20(15,11-13)16(12)21/h6,13-14H,1,4-5,7-11H2,2-3H3,(H,22,23)/t13-,14+,18-,19+,20-/m1/s1. The molecule has 0 aliphatic heterocycles. The molecule has 3 heteroatoms. The van der Waals surface area contributed by atoms with Crippen LogP contribution in [0.1, 0.15) is 58.8 Å². The van der Waals surface area contributed by atoms with Crippen molar-refractivity contribution in [3.8, 4) is 0 Å². The van der Waals surface area contributed by atoms with Gasteiger partial charge in [0.15, 0.2) is 5.78 Å². The average molecular weight is 314 g/mol. The summed E-state index contributed by atoms with van der Waals surface area (Å²) in [6.45, 7) is 8.23. The van der Waals surface area contributed by atoms with Crippen LogP contribution in [0.5, 0.6) is 0 Å². The van der Waals surface area contributed by atoms with E-state index >= 15 is 0 Å². The maximum atomic E-state index is 13.0. The molecule has 0 amide bonds. The van der Waals surface area contributed by atoms with Crippen LogP contribution in [0.15, 0.2) is 23.8 Å². The molecule has 1 spiro atoms. The molecule has 5 atom stereocenters. The van der Waals surface area contributed by atoms with Crippen LogP contribution in [0.4, 0.5) is 0 Å². The third-order valence-corrected chi connectivity index (χ3v) is 7.83. The lowest BCUT2D eigenvalue weighted by atomic mass is 9.44. The number of ketones is 1. The molecule has 3 fully saturated rings. The Morgan fingerprint density at radius 2 is 2.04 bits per heavy atom. The smallest absolute Gasteiger partial charge is 0.309 e. The van der Waals surface area contributed by atoms with Crippen molar-refractivity contribution < 1.29 is 14.7 Å². The highest BCUT2D eigenvalue weighted by Gasteiger charge is 2.65. The van der Waals surface area contributed by atoms with Gasteiger partial charge in [0.25, 0.3) is 0 Å². The minimum absolute atomic E-state index is 0.136. The van der Waals surface area contributed by atoms with E-state index in [4.69, 9.17) is 0 Å². The number of carboxylic acids is 1. The molecule has 3 nitrogen and oxygen atoms in total. The SMILES string of the molecule is C=C1C(=O)[C@@]23CC[C@H]4[C@@](C)(CCC[C@]4(C)C(=O)O)C2=CC[C@@H]1C3. The summed E-state index contributed by atoms with van der Waals surface area (Å²) >= 11 is 0. The third kappa shape index (κ3) is 1.61. The largest absolute Gasteiger partial charge is 0.481 e. The number of Topliss-reactive ketones (excluding diaryl/α,β-unsaturated/α-hetero) is 1. The van der Waals surface area contributed by atoms with Gasteiger partial charge in [0.1, 0.15) is 0 Å². The van der Waals surface area contributed by atoms with Gasteiger partial charge in [-0.2, -0.15) is 0 Å². The lowest BCUT2D eigenvalue weighted by Crippen LogP contribution is -2.55. The number of hydrogen-bond acceptors (Lipinski definition) is 2. The summed E-state index contributed by atoms with van der Waals surface area (Å²) in [6.07, 6.45) is 8.49. The number of rotatable bonds is 1. The highest BCUT2D eigenvalue weighted by Crippen LogP contribution is 2.69.